The maximum absolute atomic E-state index is 12.3. The molecular weight excluding hydrogens is 318 g/mol. The van der Waals surface area contributed by atoms with Crippen molar-refractivity contribution in [1.82, 2.24) is 0 Å². The van der Waals surface area contributed by atoms with E-state index in [-0.39, 0.29) is 16.8 Å². The average Bonchev–Trinajstić information content (AvgIpc) is 2.62. The number of nitrogens with one attached hydrogen (secondary N) is 2. The topological polar surface area (TPSA) is 91.2 Å². The van der Waals surface area contributed by atoms with Gasteiger partial charge in [0.15, 0.2) is 0 Å². The highest BCUT2D eigenvalue weighted by Gasteiger charge is 2.15. The van der Waals surface area contributed by atoms with Crippen LogP contribution in [0.1, 0.15) is 15.9 Å². The third-order valence-electron chi connectivity index (χ3n) is 3.35. The second kappa shape index (κ2) is 8.31. The zero-order valence-electron chi connectivity index (χ0n) is 13.9. The fraction of sp³-hybridized carbons (Fsp3) is 0.105. The summed E-state index contributed by atoms with van der Waals surface area (Å²) in [5, 5.41) is 14.7. The average molecular weight is 335 g/mol. The van der Waals surface area contributed by atoms with Crippen molar-refractivity contribution in [2.24, 2.45) is 0 Å². The summed E-state index contributed by atoms with van der Waals surface area (Å²) in [4.78, 5) is 24.0. The van der Waals surface area contributed by atoms with Crippen molar-refractivity contribution >= 4 is 23.3 Å². The molecule has 0 saturated carbocycles. The zero-order valence-corrected chi connectivity index (χ0v) is 13.9. The van der Waals surface area contributed by atoms with Crippen LogP contribution in [-0.2, 0) is 9.53 Å². The summed E-state index contributed by atoms with van der Waals surface area (Å²) in [6.07, 6.45) is 1.32. The molecule has 126 valence electrons. The van der Waals surface area contributed by atoms with Gasteiger partial charge >= 0.3 is 5.97 Å². The Labute approximate surface area is 145 Å². The maximum Gasteiger partial charge on any atom is 0.339 e. The number of nitrogens with zero attached hydrogens (tertiary/aromatic N) is 1. The largest absolute Gasteiger partial charge is 0.465 e. The lowest BCUT2D eigenvalue weighted by molar-refractivity contribution is -0.112. The van der Waals surface area contributed by atoms with Crippen LogP contribution < -0.4 is 10.6 Å². The Bertz CT molecular complexity index is 866. The standard InChI is InChI=1S/C19H17N3O3/c1-13-6-5-7-15(10-13)21-12-14(11-20)18(23)22-17-9-4-3-8-16(17)19(24)25-2/h3-10,12,21H,1-2H3,(H,22,23)/b14-12-. The molecule has 1 amide bonds. The van der Waals surface area contributed by atoms with Crippen LogP contribution in [0.3, 0.4) is 0 Å². The van der Waals surface area contributed by atoms with Crippen LogP contribution in [0, 0.1) is 18.3 Å². The van der Waals surface area contributed by atoms with E-state index < -0.39 is 11.9 Å². The van der Waals surface area contributed by atoms with Crippen LogP contribution >= 0.6 is 0 Å². The fourth-order valence-electron chi connectivity index (χ4n) is 2.11. The number of amides is 1. The summed E-state index contributed by atoms with van der Waals surface area (Å²) in [6, 6.07) is 15.8. The molecule has 2 rings (SSSR count). The molecule has 25 heavy (non-hydrogen) atoms. The number of hydrogen-bond acceptors (Lipinski definition) is 5. The summed E-state index contributed by atoms with van der Waals surface area (Å²) in [5.74, 6) is -1.20. The Hall–Kier alpha value is -3.59. The summed E-state index contributed by atoms with van der Waals surface area (Å²) >= 11 is 0. The van der Waals surface area contributed by atoms with Crippen LogP contribution in [0.2, 0.25) is 0 Å². The molecule has 2 N–H and O–H groups in total. The van der Waals surface area contributed by atoms with E-state index in [0.717, 1.165) is 11.3 Å². The molecule has 0 saturated heterocycles. The van der Waals surface area contributed by atoms with Crippen LogP contribution in [0.25, 0.3) is 0 Å². The molecule has 0 bridgehead atoms. The molecule has 6 heteroatoms. The van der Waals surface area contributed by atoms with E-state index in [9.17, 15) is 14.9 Å². The summed E-state index contributed by atoms with van der Waals surface area (Å²) in [5.41, 5.74) is 2.17. The molecule has 0 unspecified atom stereocenters. The Kier molecular flexibility index (Phi) is 5.91. The third kappa shape index (κ3) is 4.69. The molecule has 0 aliphatic rings. The smallest absolute Gasteiger partial charge is 0.339 e. The van der Waals surface area contributed by atoms with Gasteiger partial charge in [-0.1, -0.05) is 24.3 Å². The quantitative estimate of drug-likeness (QED) is 0.497. The van der Waals surface area contributed by atoms with Gasteiger partial charge in [0, 0.05) is 11.9 Å². The maximum atomic E-state index is 12.3. The molecule has 2 aromatic rings. The van der Waals surface area contributed by atoms with Crippen LogP contribution in [0.5, 0.6) is 0 Å². The summed E-state index contributed by atoms with van der Waals surface area (Å²) in [7, 11) is 1.26. The number of benzene rings is 2. The minimum Gasteiger partial charge on any atom is -0.465 e. The van der Waals surface area contributed by atoms with Gasteiger partial charge in [-0.2, -0.15) is 5.26 Å². The second-order valence-corrected chi connectivity index (χ2v) is 5.17. The van der Waals surface area contributed by atoms with Gasteiger partial charge in [0.2, 0.25) is 0 Å². The second-order valence-electron chi connectivity index (χ2n) is 5.17. The van der Waals surface area contributed by atoms with Gasteiger partial charge in [0.05, 0.1) is 18.4 Å². The normalized spacial score (nSPS) is 10.5. The van der Waals surface area contributed by atoms with E-state index in [2.05, 4.69) is 15.4 Å². The summed E-state index contributed by atoms with van der Waals surface area (Å²) in [6.45, 7) is 1.94. The molecular formula is C19H17N3O3. The number of esters is 1. The fourth-order valence-corrected chi connectivity index (χ4v) is 2.11. The first kappa shape index (κ1) is 17.8. The third-order valence-corrected chi connectivity index (χ3v) is 3.35. The SMILES string of the molecule is COC(=O)c1ccccc1NC(=O)/C(C#N)=C\Nc1cccc(C)c1. The Balaban J connectivity index is 2.17. The monoisotopic (exact) mass is 335 g/mol. The Morgan fingerprint density at radius 2 is 1.92 bits per heavy atom. The van der Waals surface area contributed by atoms with E-state index in [1.165, 1.54) is 19.4 Å². The number of para-hydroxylation sites is 1. The molecule has 0 aliphatic heterocycles. The summed E-state index contributed by atoms with van der Waals surface area (Å²) < 4.78 is 4.68. The van der Waals surface area contributed by atoms with Crippen molar-refractivity contribution in [1.29, 1.82) is 5.26 Å². The van der Waals surface area contributed by atoms with Crippen LogP contribution in [0.15, 0.2) is 60.3 Å². The number of methoxy groups -OCH3 is 1. The van der Waals surface area contributed by atoms with Gasteiger partial charge in [-0.3, -0.25) is 4.79 Å². The number of ether oxygens (including phenoxy) is 1. The molecule has 0 heterocycles. The number of aryl methyl sites for hydroxylation is 1. The first-order valence-corrected chi connectivity index (χ1v) is 7.47. The van der Waals surface area contributed by atoms with E-state index in [1.54, 1.807) is 18.2 Å². The number of hydrogen-bond donors (Lipinski definition) is 2. The Morgan fingerprint density at radius 1 is 1.16 bits per heavy atom. The molecule has 6 nitrogen and oxygen atoms in total. The van der Waals surface area contributed by atoms with Crippen molar-refractivity contribution in [3.8, 4) is 6.07 Å². The van der Waals surface area contributed by atoms with Crippen LogP contribution in [0.4, 0.5) is 11.4 Å². The lowest BCUT2D eigenvalue weighted by Crippen LogP contribution is -2.17. The van der Waals surface area contributed by atoms with Gasteiger partial charge in [-0.15, -0.1) is 0 Å². The van der Waals surface area contributed by atoms with Crippen LogP contribution in [-0.4, -0.2) is 19.0 Å². The van der Waals surface area contributed by atoms with E-state index in [1.807, 2.05) is 37.3 Å². The first-order chi connectivity index (χ1) is 12.0. The van der Waals surface area contributed by atoms with Crippen molar-refractivity contribution < 1.29 is 14.3 Å². The lowest BCUT2D eigenvalue weighted by atomic mass is 10.1. The van der Waals surface area contributed by atoms with E-state index in [0.29, 0.717) is 0 Å². The van der Waals surface area contributed by atoms with E-state index >= 15 is 0 Å². The van der Waals surface area contributed by atoms with Crippen molar-refractivity contribution in [2.45, 2.75) is 6.92 Å². The van der Waals surface area contributed by atoms with Gasteiger partial charge in [0.25, 0.3) is 5.91 Å². The van der Waals surface area contributed by atoms with Gasteiger partial charge in [-0.05, 0) is 36.8 Å². The first-order valence-electron chi connectivity index (χ1n) is 7.47. The minimum atomic E-state index is -0.626. The van der Waals surface area contributed by atoms with E-state index in [4.69, 9.17) is 0 Å². The minimum absolute atomic E-state index is 0.124. The van der Waals surface area contributed by atoms with Gasteiger partial charge in [-0.25, -0.2) is 4.79 Å². The van der Waals surface area contributed by atoms with Crippen molar-refractivity contribution in [3.63, 3.8) is 0 Å². The number of carbonyl (C=O) groups excluding carboxylic acids is 2. The van der Waals surface area contributed by atoms with Crippen molar-refractivity contribution in [2.75, 3.05) is 17.7 Å². The molecule has 0 aliphatic carbocycles. The van der Waals surface area contributed by atoms with Gasteiger partial charge in [0.1, 0.15) is 11.6 Å². The highest BCUT2D eigenvalue weighted by Crippen LogP contribution is 2.17. The zero-order chi connectivity index (χ0) is 18.2. The molecule has 0 fully saturated rings. The van der Waals surface area contributed by atoms with Gasteiger partial charge < -0.3 is 15.4 Å². The molecule has 0 atom stereocenters. The highest BCUT2D eigenvalue weighted by atomic mass is 16.5. The Morgan fingerprint density at radius 3 is 2.60 bits per heavy atom. The molecule has 0 radical (unpaired) electrons. The molecule has 0 spiro atoms. The van der Waals surface area contributed by atoms with Crippen molar-refractivity contribution in [3.05, 3.63) is 71.4 Å². The molecule has 2 aromatic carbocycles. The number of nitriles is 1. The number of anilines is 2. The molecule has 0 aromatic heterocycles. The highest BCUT2D eigenvalue weighted by molar-refractivity contribution is 6.09. The predicted octanol–water partition coefficient (Wildman–Crippen LogP) is 3.24. The predicted molar refractivity (Wildman–Crippen MR) is 94.9 cm³/mol. The number of rotatable bonds is 5. The number of carbonyl (C=O) groups is 2. The lowest BCUT2D eigenvalue weighted by Gasteiger charge is -2.09.